The van der Waals surface area contributed by atoms with Crippen LogP contribution in [0.3, 0.4) is 0 Å². The van der Waals surface area contributed by atoms with Crippen molar-refractivity contribution in [3.8, 4) is 6.07 Å². The van der Waals surface area contributed by atoms with E-state index in [9.17, 15) is 23.2 Å². The van der Waals surface area contributed by atoms with Crippen LogP contribution >= 0.6 is 0 Å². The monoisotopic (exact) mass is 506 g/mol. The summed E-state index contributed by atoms with van der Waals surface area (Å²) in [5, 5.41) is 20.8. The van der Waals surface area contributed by atoms with E-state index < -0.39 is 10.0 Å². The second kappa shape index (κ2) is 9.54. The molecule has 2 atom stereocenters. The van der Waals surface area contributed by atoms with E-state index in [0.717, 1.165) is 29.8 Å². The number of rotatable bonds is 7. The van der Waals surface area contributed by atoms with Gasteiger partial charge < -0.3 is 10.5 Å². The molecule has 2 aromatic carbocycles. The standard InChI is InChI=1S/C27H27FN4O3S/c1-18-25-16-30-32(23-9-7-22(28)8-10-23)26(25)14-20-5-6-21(27(18)20)17-31(11-12-33)36(34,35)24-4-2-3-19(13-24)15-29/h2-4,7-10,13-14,16,18,21,30,33H,5-6,11-12,17H2,1H3/t18-,21+/m0/s1. The van der Waals surface area contributed by atoms with Crippen LogP contribution in [0.25, 0.3) is 0 Å². The van der Waals surface area contributed by atoms with Crippen molar-refractivity contribution in [2.75, 3.05) is 24.7 Å². The van der Waals surface area contributed by atoms with Gasteiger partial charge in [0.05, 0.1) is 34.5 Å². The number of aliphatic hydroxyl groups is 1. The van der Waals surface area contributed by atoms with Crippen molar-refractivity contribution in [1.29, 1.82) is 5.26 Å². The van der Waals surface area contributed by atoms with Gasteiger partial charge >= 0.3 is 0 Å². The summed E-state index contributed by atoms with van der Waals surface area (Å²) in [6, 6.07) is 14.3. The molecule has 1 heterocycles. The van der Waals surface area contributed by atoms with Crippen molar-refractivity contribution >= 4 is 15.7 Å². The molecule has 0 amide bonds. The predicted molar refractivity (Wildman–Crippen MR) is 134 cm³/mol. The summed E-state index contributed by atoms with van der Waals surface area (Å²) in [4.78, 5) is 0.0544. The van der Waals surface area contributed by atoms with Crippen LogP contribution in [-0.4, -0.2) is 37.5 Å². The van der Waals surface area contributed by atoms with Gasteiger partial charge in [0.1, 0.15) is 5.82 Å². The molecule has 0 fully saturated rings. The van der Waals surface area contributed by atoms with Crippen molar-refractivity contribution in [2.24, 2.45) is 11.8 Å². The van der Waals surface area contributed by atoms with E-state index in [1.54, 1.807) is 24.3 Å². The summed E-state index contributed by atoms with van der Waals surface area (Å²) in [7, 11) is -3.89. The highest BCUT2D eigenvalue weighted by Crippen LogP contribution is 2.48. The lowest BCUT2D eigenvalue weighted by atomic mass is 9.80. The number of nitriles is 1. The molecule has 7 nitrogen and oxygen atoms in total. The van der Waals surface area contributed by atoms with Gasteiger partial charge in [0.2, 0.25) is 10.0 Å². The van der Waals surface area contributed by atoms with Crippen LogP contribution in [0.5, 0.6) is 0 Å². The number of allylic oxidation sites excluding steroid dienone is 3. The number of aliphatic hydroxyl groups excluding tert-OH is 1. The molecule has 0 saturated carbocycles. The molecule has 2 N–H and O–H groups in total. The zero-order chi connectivity index (χ0) is 25.4. The Labute approximate surface area is 210 Å². The third-order valence-electron chi connectivity index (χ3n) is 7.16. The first-order chi connectivity index (χ1) is 17.3. The second-order valence-corrected chi connectivity index (χ2v) is 11.2. The van der Waals surface area contributed by atoms with Crippen LogP contribution in [0, 0.1) is 29.0 Å². The maximum Gasteiger partial charge on any atom is 0.243 e. The van der Waals surface area contributed by atoms with E-state index in [1.807, 2.05) is 17.3 Å². The number of nitrogens with one attached hydrogen (secondary N) is 1. The van der Waals surface area contributed by atoms with Crippen molar-refractivity contribution < 1.29 is 17.9 Å². The number of sulfonamides is 1. The molecule has 9 heteroatoms. The third-order valence-corrected chi connectivity index (χ3v) is 9.02. The fraction of sp³-hybridized carbons (Fsp3) is 0.296. The minimum atomic E-state index is -3.89. The lowest BCUT2D eigenvalue weighted by molar-refractivity contribution is 0.243. The van der Waals surface area contributed by atoms with Gasteiger partial charge in [-0.25, -0.2) is 12.8 Å². The normalized spacial score (nSPS) is 21.0. The van der Waals surface area contributed by atoms with Gasteiger partial charge in [-0.15, -0.1) is 0 Å². The van der Waals surface area contributed by atoms with Gasteiger partial charge in [-0.05, 0) is 72.9 Å². The van der Waals surface area contributed by atoms with E-state index in [0.29, 0.717) is 0 Å². The van der Waals surface area contributed by atoms with E-state index >= 15 is 0 Å². The van der Waals surface area contributed by atoms with Crippen LogP contribution in [0.1, 0.15) is 25.3 Å². The first-order valence-electron chi connectivity index (χ1n) is 11.9. The molecule has 1 aliphatic heterocycles. The number of anilines is 1. The smallest absolute Gasteiger partial charge is 0.243 e. The fourth-order valence-corrected chi connectivity index (χ4v) is 6.97. The maximum absolute atomic E-state index is 13.4. The highest BCUT2D eigenvalue weighted by molar-refractivity contribution is 7.89. The van der Waals surface area contributed by atoms with Crippen molar-refractivity contribution in [3.63, 3.8) is 0 Å². The number of halogens is 1. The zero-order valence-electron chi connectivity index (χ0n) is 19.9. The van der Waals surface area contributed by atoms with Crippen LogP contribution in [0.15, 0.2) is 88.1 Å². The topological polar surface area (TPSA) is 96.7 Å². The highest BCUT2D eigenvalue weighted by Gasteiger charge is 2.39. The van der Waals surface area contributed by atoms with Crippen molar-refractivity contribution in [1.82, 2.24) is 9.73 Å². The second-order valence-electron chi connectivity index (χ2n) is 9.23. The van der Waals surface area contributed by atoms with Gasteiger partial charge in [-0.1, -0.05) is 18.6 Å². The Bertz CT molecular complexity index is 1420. The molecule has 5 rings (SSSR count). The summed E-state index contributed by atoms with van der Waals surface area (Å²) in [5.74, 6) is -0.206. The fourth-order valence-electron chi connectivity index (χ4n) is 5.45. The molecule has 186 valence electrons. The quantitative estimate of drug-likeness (QED) is 0.593. The van der Waals surface area contributed by atoms with Crippen molar-refractivity contribution in [2.45, 2.75) is 24.7 Å². The van der Waals surface area contributed by atoms with E-state index in [1.165, 1.54) is 39.7 Å². The number of fused-ring (bicyclic) bond motifs is 1. The molecule has 0 unspecified atom stereocenters. The molecule has 0 saturated heterocycles. The molecule has 36 heavy (non-hydrogen) atoms. The Kier molecular flexibility index (Phi) is 6.43. The number of hydrogen-bond donors (Lipinski definition) is 2. The van der Waals surface area contributed by atoms with Gasteiger partial charge in [0.25, 0.3) is 0 Å². The van der Waals surface area contributed by atoms with E-state index in [4.69, 9.17) is 0 Å². The first-order valence-corrected chi connectivity index (χ1v) is 13.4. The summed E-state index contributed by atoms with van der Waals surface area (Å²) in [6.07, 6.45) is 5.74. The summed E-state index contributed by atoms with van der Waals surface area (Å²) in [6.45, 7) is 2.07. The minimum Gasteiger partial charge on any atom is -0.395 e. The van der Waals surface area contributed by atoms with Gasteiger partial charge in [0, 0.05) is 30.8 Å². The van der Waals surface area contributed by atoms with Gasteiger partial charge in [0.15, 0.2) is 0 Å². The van der Waals surface area contributed by atoms with Crippen molar-refractivity contribution in [3.05, 3.63) is 94.6 Å². The minimum absolute atomic E-state index is 0.00838. The Morgan fingerprint density at radius 2 is 2.03 bits per heavy atom. The van der Waals surface area contributed by atoms with Crippen LogP contribution in [0.4, 0.5) is 10.1 Å². The number of hydrogen-bond acceptors (Lipinski definition) is 6. The molecule has 0 aromatic heterocycles. The lowest BCUT2D eigenvalue weighted by Gasteiger charge is -2.32. The number of hydrazine groups is 1. The summed E-state index contributed by atoms with van der Waals surface area (Å²) >= 11 is 0. The average Bonchev–Trinajstić information content (AvgIpc) is 3.49. The molecular formula is C27H27FN4O3S. The summed E-state index contributed by atoms with van der Waals surface area (Å²) in [5.41, 5.74) is 8.91. The largest absolute Gasteiger partial charge is 0.395 e. The molecule has 0 radical (unpaired) electrons. The predicted octanol–water partition coefficient (Wildman–Crippen LogP) is 3.83. The van der Waals surface area contributed by atoms with Gasteiger partial charge in [-0.2, -0.15) is 9.57 Å². The molecule has 0 bridgehead atoms. The van der Waals surface area contributed by atoms with Gasteiger partial charge in [-0.3, -0.25) is 5.01 Å². The highest BCUT2D eigenvalue weighted by atomic mass is 32.2. The molecule has 2 aliphatic carbocycles. The molecule has 0 spiro atoms. The van der Waals surface area contributed by atoms with E-state index in [-0.39, 0.29) is 47.8 Å². The Morgan fingerprint density at radius 1 is 1.25 bits per heavy atom. The van der Waals surface area contributed by atoms with E-state index in [2.05, 4.69) is 18.4 Å². The Hall–Kier alpha value is -3.45. The average molecular weight is 507 g/mol. The van der Waals surface area contributed by atoms with Crippen LogP contribution < -0.4 is 10.4 Å². The number of benzene rings is 2. The SMILES string of the molecule is C[C@H]1C2=CNN(c3ccc(F)cc3)C2=CC2=C1[C@@H](CN(CCO)S(=O)(=O)c1cccc(C#N)c1)CC2. The molecule has 2 aromatic rings. The Balaban J connectivity index is 1.43. The lowest BCUT2D eigenvalue weighted by Crippen LogP contribution is -2.38. The number of nitrogens with zero attached hydrogens (tertiary/aromatic N) is 3. The zero-order valence-corrected chi connectivity index (χ0v) is 20.7. The molecular weight excluding hydrogens is 479 g/mol. The summed E-state index contributed by atoms with van der Waals surface area (Å²) < 4.78 is 41.7. The Morgan fingerprint density at radius 3 is 2.75 bits per heavy atom. The first kappa shape index (κ1) is 24.3. The van der Waals surface area contributed by atoms with Crippen LogP contribution in [0.2, 0.25) is 0 Å². The maximum atomic E-state index is 13.4. The van der Waals surface area contributed by atoms with Crippen LogP contribution in [-0.2, 0) is 10.0 Å². The third kappa shape index (κ3) is 4.22. The molecule has 3 aliphatic rings.